The van der Waals surface area contributed by atoms with Crippen LogP contribution in [0.1, 0.15) is 5.56 Å². The molecular weight excluding hydrogens is 284 g/mol. The maximum Gasteiger partial charge on any atom is 0.166 e. The summed E-state index contributed by atoms with van der Waals surface area (Å²) in [5.74, 6) is 0.0758. The van der Waals surface area contributed by atoms with Crippen LogP contribution >= 0.6 is 0 Å². The van der Waals surface area contributed by atoms with Crippen LogP contribution in [0.4, 0.5) is 11.4 Å². The van der Waals surface area contributed by atoms with E-state index in [1.165, 1.54) is 25.5 Å². The molecule has 0 radical (unpaired) electrons. The van der Waals surface area contributed by atoms with Crippen LogP contribution in [-0.4, -0.2) is 28.6 Å². The SMILES string of the molecule is COc1cc(N=O)cc(/C=N/c2ccc3[nH]ncc3c2)c1O. The fourth-order valence-corrected chi connectivity index (χ4v) is 2.08. The number of H-pyrrole nitrogens is 1. The van der Waals surface area contributed by atoms with E-state index in [9.17, 15) is 10.0 Å². The Kier molecular flexibility index (Phi) is 3.53. The zero-order chi connectivity index (χ0) is 15.5. The Bertz CT molecular complexity index is 870. The van der Waals surface area contributed by atoms with Crippen molar-refractivity contribution in [3.63, 3.8) is 0 Å². The molecule has 0 fully saturated rings. The van der Waals surface area contributed by atoms with Crippen molar-refractivity contribution in [3.8, 4) is 11.5 Å². The Morgan fingerprint density at radius 1 is 1.27 bits per heavy atom. The summed E-state index contributed by atoms with van der Waals surface area (Å²) in [4.78, 5) is 15.0. The minimum atomic E-state index is -0.0944. The van der Waals surface area contributed by atoms with Gasteiger partial charge in [-0.05, 0) is 29.4 Å². The van der Waals surface area contributed by atoms with Crippen molar-refractivity contribution in [1.29, 1.82) is 0 Å². The van der Waals surface area contributed by atoms with Gasteiger partial charge >= 0.3 is 0 Å². The molecule has 1 aromatic heterocycles. The van der Waals surface area contributed by atoms with Crippen molar-refractivity contribution in [3.05, 3.63) is 47.0 Å². The zero-order valence-corrected chi connectivity index (χ0v) is 11.6. The number of methoxy groups -OCH3 is 1. The first kappa shape index (κ1) is 13.7. The number of nitroso groups, excluding NO2 is 1. The van der Waals surface area contributed by atoms with E-state index < -0.39 is 0 Å². The maximum atomic E-state index is 10.7. The van der Waals surface area contributed by atoms with E-state index in [4.69, 9.17) is 4.74 Å². The highest BCUT2D eigenvalue weighted by molar-refractivity contribution is 5.89. The van der Waals surface area contributed by atoms with E-state index in [2.05, 4.69) is 20.4 Å². The number of benzene rings is 2. The number of rotatable bonds is 4. The quantitative estimate of drug-likeness (QED) is 0.569. The number of aromatic amines is 1. The van der Waals surface area contributed by atoms with Gasteiger partial charge < -0.3 is 9.84 Å². The Morgan fingerprint density at radius 3 is 2.91 bits per heavy atom. The maximum absolute atomic E-state index is 10.7. The van der Waals surface area contributed by atoms with Crippen molar-refractivity contribution in [2.45, 2.75) is 0 Å². The summed E-state index contributed by atoms with van der Waals surface area (Å²) in [5.41, 5.74) is 2.11. The topological polar surface area (TPSA) is 99.9 Å². The van der Waals surface area contributed by atoms with Crippen LogP contribution in [0.5, 0.6) is 11.5 Å². The molecule has 0 saturated heterocycles. The smallest absolute Gasteiger partial charge is 0.166 e. The van der Waals surface area contributed by atoms with Crippen LogP contribution < -0.4 is 4.74 Å². The van der Waals surface area contributed by atoms with E-state index >= 15 is 0 Å². The van der Waals surface area contributed by atoms with Gasteiger partial charge in [0.1, 0.15) is 5.69 Å². The zero-order valence-electron chi connectivity index (χ0n) is 11.6. The largest absolute Gasteiger partial charge is 0.504 e. The van der Waals surface area contributed by atoms with Gasteiger partial charge in [0.15, 0.2) is 11.5 Å². The molecule has 7 nitrogen and oxygen atoms in total. The highest BCUT2D eigenvalue weighted by Gasteiger charge is 2.09. The first-order valence-electron chi connectivity index (χ1n) is 6.43. The standard InChI is InChI=1S/C15H12N4O3/c1-22-14-6-12(19-21)5-10(15(14)20)7-16-11-2-3-13-9(4-11)8-17-18-13/h2-8,20H,1H3,(H,17,18)/b16-7+. The molecule has 110 valence electrons. The number of nitrogens with zero attached hydrogens (tertiary/aromatic N) is 3. The van der Waals surface area contributed by atoms with Crippen molar-refractivity contribution in [1.82, 2.24) is 10.2 Å². The Balaban J connectivity index is 1.98. The summed E-state index contributed by atoms with van der Waals surface area (Å²) < 4.78 is 5.00. The molecule has 7 heteroatoms. The van der Waals surface area contributed by atoms with E-state index in [-0.39, 0.29) is 17.2 Å². The predicted molar refractivity (Wildman–Crippen MR) is 83.5 cm³/mol. The van der Waals surface area contributed by atoms with Crippen LogP contribution in [0, 0.1) is 4.91 Å². The van der Waals surface area contributed by atoms with Gasteiger partial charge in [-0.15, -0.1) is 4.91 Å². The number of hydrogen-bond donors (Lipinski definition) is 2. The molecule has 0 spiro atoms. The predicted octanol–water partition coefficient (Wildman–Crippen LogP) is 3.43. The number of aliphatic imine (C=N–C) groups is 1. The molecular formula is C15H12N4O3. The minimum Gasteiger partial charge on any atom is -0.504 e. The number of aromatic nitrogens is 2. The molecule has 0 atom stereocenters. The van der Waals surface area contributed by atoms with Crippen LogP contribution in [0.15, 0.2) is 46.7 Å². The van der Waals surface area contributed by atoms with Crippen LogP contribution in [-0.2, 0) is 0 Å². The molecule has 0 unspecified atom stereocenters. The van der Waals surface area contributed by atoms with Gasteiger partial charge in [-0.3, -0.25) is 10.1 Å². The third-order valence-corrected chi connectivity index (χ3v) is 3.19. The number of phenols is 1. The first-order chi connectivity index (χ1) is 10.7. The molecule has 0 saturated carbocycles. The van der Waals surface area contributed by atoms with Gasteiger partial charge in [0.05, 0.1) is 24.5 Å². The monoisotopic (exact) mass is 296 g/mol. The lowest BCUT2D eigenvalue weighted by Gasteiger charge is -2.06. The molecule has 2 N–H and O–H groups in total. The van der Waals surface area contributed by atoms with Crippen molar-refractivity contribution >= 4 is 28.5 Å². The summed E-state index contributed by atoms with van der Waals surface area (Å²) in [5, 5.41) is 20.6. The van der Waals surface area contributed by atoms with Crippen LogP contribution in [0.3, 0.4) is 0 Å². The average Bonchev–Trinajstić information content (AvgIpc) is 3.01. The minimum absolute atomic E-state index is 0.0944. The molecule has 22 heavy (non-hydrogen) atoms. The Hall–Kier alpha value is -3.22. The summed E-state index contributed by atoms with van der Waals surface area (Å²) in [6.45, 7) is 0. The number of fused-ring (bicyclic) bond motifs is 1. The molecule has 0 bridgehead atoms. The second-order valence-electron chi connectivity index (χ2n) is 4.58. The Labute approximate surface area is 125 Å². The number of nitrogens with one attached hydrogen (secondary N) is 1. The van der Waals surface area contributed by atoms with Gasteiger partial charge in [-0.25, -0.2) is 0 Å². The molecule has 1 heterocycles. The lowest BCUT2D eigenvalue weighted by molar-refractivity contribution is 0.373. The van der Waals surface area contributed by atoms with Gasteiger partial charge in [0.2, 0.25) is 0 Å². The molecule has 0 aliphatic carbocycles. The van der Waals surface area contributed by atoms with Gasteiger partial charge in [-0.2, -0.15) is 5.10 Å². The highest BCUT2D eigenvalue weighted by Crippen LogP contribution is 2.34. The Morgan fingerprint density at radius 2 is 2.14 bits per heavy atom. The van der Waals surface area contributed by atoms with Gasteiger partial charge in [-0.1, -0.05) is 0 Å². The third-order valence-electron chi connectivity index (χ3n) is 3.19. The number of phenolic OH excluding ortho intramolecular Hbond substituents is 1. The lowest BCUT2D eigenvalue weighted by atomic mass is 10.1. The van der Waals surface area contributed by atoms with E-state index in [1.807, 2.05) is 18.2 Å². The van der Waals surface area contributed by atoms with Crippen molar-refractivity contribution in [2.75, 3.05) is 7.11 Å². The van der Waals surface area contributed by atoms with E-state index in [0.717, 1.165) is 10.9 Å². The number of ether oxygens (including phenoxy) is 1. The second-order valence-corrected chi connectivity index (χ2v) is 4.58. The highest BCUT2D eigenvalue weighted by atomic mass is 16.5. The number of aromatic hydroxyl groups is 1. The summed E-state index contributed by atoms with van der Waals surface area (Å²) in [7, 11) is 1.40. The summed E-state index contributed by atoms with van der Waals surface area (Å²) in [6, 6.07) is 8.32. The third kappa shape index (κ3) is 2.51. The molecule has 3 aromatic rings. The fourth-order valence-electron chi connectivity index (χ4n) is 2.08. The average molecular weight is 296 g/mol. The molecule has 2 aromatic carbocycles. The lowest BCUT2D eigenvalue weighted by Crippen LogP contribution is -1.89. The number of hydrogen-bond acceptors (Lipinski definition) is 6. The summed E-state index contributed by atoms with van der Waals surface area (Å²) in [6.07, 6.45) is 3.15. The molecule has 0 aliphatic rings. The van der Waals surface area contributed by atoms with Crippen LogP contribution in [0.2, 0.25) is 0 Å². The molecule has 0 aliphatic heterocycles. The van der Waals surface area contributed by atoms with Crippen molar-refractivity contribution < 1.29 is 9.84 Å². The molecule has 0 amide bonds. The van der Waals surface area contributed by atoms with Crippen LogP contribution in [0.25, 0.3) is 10.9 Å². The van der Waals surface area contributed by atoms with E-state index in [1.54, 1.807) is 6.20 Å². The van der Waals surface area contributed by atoms with Gasteiger partial charge in [0.25, 0.3) is 0 Å². The van der Waals surface area contributed by atoms with Gasteiger partial charge in [0, 0.05) is 23.2 Å². The summed E-state index contributed by atoms with van der Waals surface area (Å²) >= 11 is 0. The normalized spacial score (nSPS) is 11.1. The first-order valence-corrected chi connectivity index (χ1v) is 6.43. The fraction of sp³-hybridized carbons (Fsp3) is 0.0667. The van der Waals surface area contributed by atoms with Crippen molar-refractivity contribution in [2.24, 2.45) is 10.2 Å². The molecule has 3 rings (SSSR count). The second kappa shape index (κ2) is 5.65. The van der Waals surface area contributed by atoms with E-state index in [0.29, 0.717) is 11.3 Å².